The summed E-state index contributed by atoms with van der Waals surface area (Å²) < 4.78 is 3.24. The van der Waals surface area contributed by atoms with Gasteiger partial charge in [-0.15, -0.1) is 0 Å². The van der Waals surface area contributed by atoms with E-state index in [1.807, 2.05) is 18.0 Å². The Kier molecular flexibility index (Phi) is 8.94. The first-order chi connectivity index (χ1) is 9.95. The average molecular weight is 377 g/mol. The molecule has 1 N–H and O–H groups in total. The van der Waals surface area contributed by atoms with Gasteiger partial charge in [-0.05, 0) is 48.2 Å². The maximum absolute atomic E-state index is 4.53. The molecule has 1 unspecified atom stereocenters. The second-order valence-electron chi connectivity index (χ2n) is 5.95. The summed E-state index contributed by atoms with van der Waals surface area (Å²) >= 11 is 5.68. The highest BCUT2D eigenvalue weighted by molar-refractivity contribution is 9.10. The van der Waals surface area contributed by atoms with E-state index < -0.39 is 0 Å². The van der Waals surface area contributed by atoms with Crippen LogP contribution in [0.25, 0.3) is 0 Å². The van der Waals surface area contributed by atoms with E-state index in [0.717, 1.165) is 35.8 Å². The fraction of sp³-hybridized carbons (Fsp3) is 0.800. The van der Waals surface area contributed by atoms with Crippen LogP contribution in [-0.4, -0.2) is 53.4 Å². The quantitative estimate of drug-likeness (QED) is 0.679. The van der Waals surface area contributed by atoms with Gasteiger partial charge in [0, 0.05) is 12.3 Å². The Bertz CT molecular complexity index is 406. The van der Waals surface area contributed by atoms with Gasteiger partial charge in [-0.1, -0.05) is 20.8 Å². The normalized spacial score (nSPS) is 13.3. The number of aromatic nitrogens is 2. The lowest BCUT2D eigenvalue weighted by molar-refractivity contribution is 0.364. The van der Waals surface area contributed by atoms with Gasteiger partial charge in [0.2, 0.25) is 0 Å². The van der Waals surface area contributed by atoms with Crippen LogP contribution in [0.3, 0.4) is 0 Å². The number of likely N-dealkylation sites (N-methyl/N-ethyl adjacent to an activating group) is 1. The lowest BCUT2D eigenvalue weighted by Gasteiger charge is -2.21. The molecule has 0 saturated heterocycles. The predicted octanol–water partition coefficient (Wildman–Crippen LogP) is 3.25. The Morgan fingerprint density at radius 2 is 2.10 bits per heavy atom. The number of rotatable bonds is 10. The molecule has 0 aliphatic rings. The van der Waals surface area contributed by atoms with Crippen molar-refractivity contribution in [2.24, 2.45) is 5.92 Å². The zero-order valence-corrected chi connectivity index (χ0v) is 16.3. The molecular formula is C15H29BrN4S. The molecule has 6 heteroatoms. The topological polar surface area (TPSA) is 33.1 Å². The van der Waals surface area contributed by atoms with E-state index in [2.05, 4.69) is 70.8 Å². The Hall–Kier alpha value is -0.0400. The molecule has 0 saturated carbocycles. The van der Waals surface area contributed by atoms with Crippen LogP contribution in [-0.2, 0) is 6.54 Å². The van der Waals surface area contributed by atoms with Crippen LogP contribution in [0.1, 0.15) is 32.5 Å². The molecule has 0 aromatic carbocycles. The van der Waals surface area contributed by atoms with E-state index in [9.17, 15) is 0 Å². The number of halogens is 1. The fourth-order valence-electron chi connectivity index (χ4n) is 2.09. The van der Waals surface area contributed by atoms with E-state index in [-0.39, 0.29) is 0 Å². The molecule has 1 heterocycles. The second-order valence-corrected chi connectivity index (χ2v) is 7.87. The molecular weight excluding hydrogens is 348 g/mol. The van der Waals surface area contributed by atoms with Crippen LogP contribution in [0.2, 0.25) is 0 Å². The minimum absolute atomic E-state index is 0.345. The second kappa shape index (κ2) is 9.87. The predicted molar refractivity (Wildman–Crippen MR) is 97.1 cm³/mol. The molecule has 0 spiro atoms. The van der Waals surface area contributed by atoms with Gasteiger partial charge in [0.1, 0.15) is 0 Å². The standard InChI is InChI=1S/C15H29BrN4S/c1-6-17-14(11-21-10-12(2)3)15-13(16)9-18-20(15)8-7-19(4)5/h9,12,14,17H,6-8,10-11H2,1-5H3. The molecule has 122 valence electrons. The van der Waals surface area contributed by atoms with E-state index in [0.29, 0.717) is 6.04 Å². The third-order valence-corrected chi connectivity index (χ3v) is 5.19. The van der Waals surface area contributed by atoms with Gasteiger partial charge in [0.05, 0.1) is 29.0 Å². The summed E-state index contributed by atoms with van der Waals surface area (Å²) in [6.07, 6.45) is 1.92. The maximum Gasteiger partial charge on any atom is 0.0704 e. The van der Waals surface area contributed by atoms with Crippen LogP contribution in [0.4, 0.5) is 0 Å². The zero-order chi connectivity index (χ0) is 15.8. The Labute approximate surface area is 142 Å². The van der Waals surface area contributed by atoms with Gasteiger partial charge in [0.15, 0.2) is 0 Å². The van der Waals surface area contributed by atoms with Gasteiger partial charge in [-0.3, -0.25) is 4.68 Å². The van der Waals surface area contributed by atoms with Crippen LogP contribution < -0.4 is 5.32 Å². The van der Waals surface area contributed by atoms with Crippen molar-refractivity contribution in [1.29, 1.82) is 0 Å². The SMILES string of the molecule is CCNC(CSCC(C)C)c1c(Br)cnn1CCN(C)C. The number of nitrogens with one attached hydrogen (secondary N) is 1. The van der Waals surface area contributed by atoms with E-state index in [1.165, 1.54) is 11.4 Å². The summed E-state index contributed by atoms with van der Waals surface area (Å²) in [7, 11) is 4.19. The van der Waals surface area contributed by atoms with Crippen molar-refractivity contribution < 1.29 is 0 Å². The van der Waals surface area contributed by atoms with Crippen molar-refractivity contribution >= 4 is 27.7 Å². The third-order valence-electron chi connectivity index (χ3n) is 3.11. The van der Waals surface area contributed by atoms with E-state index >= 15 is 0 Å². The van der Waals surface area contributed by atoms with Crippen LogP contribution in [0, 0.1) is 5.92 Å². The number of thioether (sulfide) groups is 1. The third kappa shape index (κ3) is 6.72. The Morgan fingerprint density at radius 1 is 1.38 bits per heavy atom. The van der Waals surface area contributed by atoms with Gasteiger partial charge >= 0.3 is 0 Å². The van der Waals surface area contributed by atoms with Crippen molar-refractivity contribution in [1.82, 2.24) is 20.0 Å². The van der Waals surface area contributed by atoms with Crippen molar-refractivity contribution in [3.8, 4) is 0 Å². The first kappa shape index (κ1) is 19.0. The minimum atomic E-state index is 0.345. The summed E-state index contributed by atoms with van der Waals surface area (Å²) in [6.45, 7) is 9.59. The summed E-state index contributed by atoms with van der Waals surface area (Å²) in [5.74, 6) is 3.02. The molecule has 0 aliphatic carbocycles. The van der Waals surface area contributed by atoms with Gasteiger partial charge < -0.3 is 10.2 Å². The van der Waals surface area contributed by atoms with Crippen molar-refractivity contribution in [2.45, 2.75) is 33.4 Å². The Balaban J connectivity index is 2.77. The average Bonchev–Trinajstić information content (AvgIpc) is 2.76. The van der Waals surface area contributed by atoms with Crippen LogP contribution in [0.5, 0.6) is 0 Å². The monoisotopic (exact) mass is 376 g/mol. The first-order valence-electron chi connectivity index (χ1n) is 7.62. The largest absolute Gasteiger partial charge is 0.308 e. The summed E-state index contributed by atoms with van der Waals surface area (Å²) in [5, 5.41) is 8.13. The summed E-state index contributed by atoms with van der Waals surface area (Å²) in [4.78, 5) is 2.19. The molecule has 4 nitrogen and oxygen atoms in total. The van der Waals surface area contributed by atoms with Crippen molar-refractivity contribution in [3.63, 3.8) is 0 Å². The minimum Gasteiger partial charge on any atom is -0.308 e. The lowest BCUT2D eigenvalue weighted by Crippen LogP contribution is -2.28. The highest BCUT2D eigenvalue weighted by Crippen LogP contribution is 2.26. The van der Waals surface area contributed by atoms with E-state index in [1.54, 1.807) is 0 Å². The zero-order valence-electron chi connectivity index (χ0n) is 13.9. The lowest BCUT2D eigenvalue weighted by atomic mass is 10.2. The molecule has 0 bridgehead atoms. The highest BCUT2D eigenvalue weighted by Gasteiger charge is 2.19. The van der Waals surface area contributed by atoms with E-state index in [4.69, 9.17) is 0 Å². The molecule has 0 radical (unpaired) electrons. The van der Waals surface area contributed by atoms with Crippen molar-refractivity contribution in [3.05, 3.63) is 16.4 Å². The van der Waals surface area contributed by atoms with Crippen LogP contribution in [0.15, 0.2) is 10.7 Å². The van der Waals surface area contributed by atoms with Crippen molar-refractivity contribution in [2.75, 3.05) is 38.7 Å². The molecule has 1 rings (SSSR count). The number of hydrogen-bond acceptors (Lipinski definition) is 4. The maximum atomic E-state index is 4.53. The molecule has 0 fully saturated rings. The van der Waals surface area contributed by atoms with Gasteiger partial charge in [-0.2, -0.15) is 16.9 Å². The molecule has 21 heavy (non-hydrogen) atoms. The number of nitrogens with zero attached hydrogens (tertiary/aromatic N) is 3. The smallest absolute Gasteiger partial charge is 0.0704 e. The Morgan fingerprint density at radius 3 is 2.67 bits per heavy atom. The summed E-state index contributed by atoms with van der Waals surface area (Å²) in [5.41, 5.74) is 1.27. The van der Waals surface area contributed by atoms with Gasteiger partial charge in [-0.25, -0.2) is 0 Å². The number of hydrogen-bond donors (Lipinski definition) is 1. The van der Waals surface area contributed by atoms with Crippen LogP contribution >= 0.6 is 27.7 Å². The molecule has 1 aromatic heterocycles. The highest BCUT2D eigenvalue weighted by atomic mass is 79.9. The van der Waals surface area contributed by atoms with Gasteiger partial charge in [0.25, 0.3) is 0 Å². The molecule has 0 aliphatic heterocycles. The molecule has 0 amide bonds. The molecule has 1 atom stereocenters. The molecule has 1 aromatic rings. The summed E-state index contributed by atoms with van der Waals surface area (Å²) in [6, 6.07) is 0.345. The first-order valence-corrected chi connectivity index (χ1v) is 9.57. The fourth-order valence-corrected chi connectivity index (χ4v) is 3.79.